The van der Waals surface area contributed by atoms with Gasteiger partial charge in [-0.25, -0.2) is 0 Å². The lowest BCUT2D eigenvalue weighted by Gasteiger charge is -2.10. The molecule has 32 heavy (non-hydrogen) atoms. The van der Waals surface area contributed by atoms with Crippen LogP contribution in [-0.2, 0) is 0 Å². The van der Waals surface area contributed by atoms with Gasteiger partial charge in [-0.3, -0.25) is 9.59 Å². The number of carbonyl (C=O) groups is 2. The summed E-state index contributed by atoms with van der Waals surface area (Å²) in [7, 11) is 1.29. The first-order chi connectivity index (χ1) is 15.4. The van der Waals surface area contributed by atoms with Crippen LogP contribution in [0.3, 0.4) is 0 Å². The molecular formula is C24H18ClF2NO4. The summed E-state index contributed by atoms with van der Waals surface area (Å²) < 4.78 is 34.3. The van der Waals surface area contributed by atoms with Crippen molar-refractivity contribution in [2.24, 2.45) is 0 Å². The van der Waals surface area contributed by atoms with E-state index in [2.05, 4.69) is 10.1 Å². The maximum absolute atomic E-state index is 12.5. The molecule has 164 valence electrons. The molecule has 0 bridgehead atoms. The smallest absolute Gasteiger partial charge is 0.387 e. The number of carbonyl (C=O) groups excluding carboxylic acids is 2. The maximum atomic E-state index is 12.5. The van der Waals surface area contributed by atoms with E-state index in [-0.39, 0.29) is 28.8 Å². The van der Waals surface area contributed by atoms with Crippen LogP contribution in [0.2, 0.25) is 5.02 Å². The van der Waals surface area contributed by atoms with Crippen molar-refractivity contribution in [2.75, 3.05) is 12.4 Å². The Kier molecular flexibility index (Phi) is 7.57. The number of nitrogens with one attached hydrogen (secondary N) is 1. The molecule has 0 spiro atoms. The first-order valence-corrected chi connectivity index (χ1v) is 9.76. The number of alkyl halides is 2. The second-order valence-corrected chi connectivity index (χ2v) is 6.91. The lowest BCUT2D eigenvalue weighted by atomic mass is 10.1. The molecule has 0 aliphatic rings. The summed E-state index contributed by atoms with van der Waals surface area (Å²) in [5.41, 5.74) is 1.78. The Bertz CT molecular complexity index is 1160. The van der Waals surface area contributed by atoms with Crippen LogP contribution in [0.25, 0.3) is 6.08 Å². The van der Waals surface area contributed by atoms with Crippen LogP contribution in [0.15, 0.2) is 72.8 Å². The van der Waals surface area contributed by atoms with Crippen LogP contribution in [0.5, 0.6) is 11.5 Å². The summed E-state index contributed by atoms with van der Waals surface area (Å²) in [4.78, 5) is 24.9. The quantitative estimate of drug-likeness (QED) is 0.328. The molecule has 1 amide bonds. The van der Waals surface area contributed by atoms with E-state index in [9.17, 15) is 18.4 Å². The Morgan fingerprint density at radius 2 is 1.78 bits per heavy atom. The van der Waals surface area contributed by atoms with Gasteiger partial charge in [0.25, 0.3) is 5.91 Å². The van der Waals surface area contributed by atoms with Crippen LogP contribution in [0.1, 0.15) is 26.3 Å². The highest BCUT2D eigenvalue weighted by Crippen LogP contribution is 2.29. The number of ketones is 1. The summed E-state index contributed by atoms with van der Waals surface area (Å²) in [5.74, 6) is -0.859. The van der Waals surface area contributed by atoms with E-state index in [1.54, 1.807) is 54.6 Å². The Balaban J connectivity index is 1.72. The second-order valence-electron chi connectivity index (χ2n) is 6.50. The fourth-order valence-electron chi connectivity index (χ4n) is 2.85. The average Bonchev–Trinajstić information content (AvgIpc) is 2.78. The largest absolute Gasteiger partial charge is 0.493 e. The van der Waals surface area contributed by atoms with Gasteiger partial charge >= 0.3 is 6.61 Å². The molecular weight excluding hydrogens is 440 g/mol. The summed E-state index contributed by atoms with van der Waals surface area (Å²) in [6, 6.07) is 17.5. The number of amides is 1. The van der Waals surface area contributed by atoms with Gasteiger partial charge in [0.2, 0.25) is 0 Å². The summed E-state index contributed by atoms with van der Waals surface area (Å²) >= 11 is 6.05. The zero-order valence-electron chi connectivity index (χ0n) is 16.8. The molecule has 0 heterocycles. The minimum atomic E-state index is -3.00. The van der Waals surface area contributed by atoms with Gasteiger partial charge in [-0.05, 0) is 54.1 Å². The number of hydrogen-bond acceptors (Lipinski definition) is 4. The topological polar surface area (TPSA) is 64.6 Å². The third-order valence-corrected chi connectivity index (χ3v) is 4.68. The molecule has 5 nitrogen and oxygen atoms in total. The van der Waals surface area contributed by atoms with E-state index in [1.807, 2.05) is 0 Å². The molecule has 0 radical (unpaired) electrons. The molecule has 0 aliphatic heterocycles. The molecule has 0 saturated heterocycles. The molecule has 0 aliphatic carbocycles. The maximum Gasteiger partial charge on any atom is 0.387 e. The zero-order chi connectivity index (χ0) is 23.1. The van der Waals surface area contributed by atoms with Gasteiger partial charge in [-0.2, -0.15) is 8.78 Å². The van der Waals surface area contributed by atoms with Crippen molar-refractivity contribution in [1.29, 1.82) is 0 Å². The van der Waals surface area contributed by atoms with Crippen molar-refractivity contribution in [3.8, 4) is 11.5 Å². The van der Waals surface area contributed by atoms with E-state index < -0.39 is 6.61 Å². The van der Waals surface area contributed by atoms with Crippen molar-refractivity contribution in [1.82, 2.24) is 0 Å². The normalized spacial score (nSPS) is 10.9. The molecule has 3 aromatic rings. The number of allylic oxidation sites excluding steroid dienone is 1. The molecule has 0 unspecified atom stereocenters. The van der Waals surface area contributed by atoms with Crippen LogP contribution in [-0.4, -0.2) is 25.4 Å². The first-order valence-electron chi connectivity index (χ1n) is 9.38. The van der Waals surface area contributed by atoms with Gasteiger partial charge in [0.05, 0.1) is 17.7 Å². The molecule has 8 heteroatoms. The van der Waals surface area contributed by atoms with Gasteiger partial charge in [-0.15, -0.1) is 0 Å². The van der Waals surface area contributed by atoms with E-state index in [1.165, 1.54) is 31.4 Å². The zero-order valence-corrected chi connectivity index (χ0v) is 17.6. The average molecular weight is 458 g/mol. The minimum Gasteiger partial charge on any atom is -0.493 e. The van der Waals surface area contributed by atoms with Crippen LogP contribution >= 0.6 is 11.6 Å². The van der Waals surface area contributed by atoms with Crippen molar-refractivity contribution in [2.45, 2.75) is 6.61 Å². The lowest BCUT2D eigenvalue weighted by molar-refractivity contribution is -0.0512. The number of benzene rings is 3. The molecule has 3 rings (SSSR count). The van der Waals surface area contributed by atoms with Crippen molar-refractivity contribution in [3.63, 3.8) is 0 Å². The molecule has 1 N–H and O–H groups in total. The fourth-order valence-corrected chi connectivity index (χ4v) is 3.07. The third kappa shape index (κ3) is 5.92. The van der Waals surface area contributed by atoms with E-state index in [0.29, 0.717) is 21.8 Å². The van der Waals surface area contributed by atoms with E-state index >= 15 is 0 Å². The first kappa shape index (κ1) is 23.0. The fraction of sp³-hybridized carbons (Fsp3) is 0.0833. The highest BCUT2D eigenvalue weighted by molar-refractivity contribution is 6.34. The summed E-state index contributed by atoms with van der Waals surface area (Å²) in [5, 5.41) is 3.10. The van der Waals surface area contributed by atoms with E-state index in [0.717, 1.165) is 0 Å². The number of ether oxygens (including phenoxy) is 2. The Labute approximate surface area is 188 Å². The van der Waals surface area contributed by atoms with Crippen LogP contribution in [0.4, 0.5) is 14.5 Å². The summed E-state index contributed by atoms with van der Waals surface area (Å²) in [6.45, 7) is -3.00. The highest BCUT2D eigenvalue weighted by atomic mass is 35.5. The predicted octanol–water partition coefficient (Wildman–Crippen LogP) is 6.10. The number of hydrogen-bond donors (Lipinski definition) is 1. The van der Waals surface area contributed by atoms with Crippen LogP contribution < -0.4 is 14.8 Å². The van der Waals surface area contributed by atoms with Gasteiger partial charge < -0.3 is 14.8 Å². The van der Waals surface area contributed by atoms with Crippen molar-refractivity contribution in [3.05, 3.63) is 94.5 Å². The van der Waals surface area contributed by atoms with Crippen LogP contribution in [0, 0.1) is 0 Å². The Morgan fingerprint density at radius 3 is 2.50 bits per heavy atom. The van der Waals surface area contributed by atoms with Crippen molar-refractivity contribution < 1.29 is 27.8 Å². The SMILES string of the molecule is COc1cc(C(=O)/C=C/c2cccc(NC(=O)c3ccccc3Cl)c2)ccc1OC(F)F. The van der Waals surface area contributed by atoms with Gasteiger partial charge in [0.1, 0.15) is 0 Å². The molecule has 0 atom stereocenters. The number of rotatable bonds is 8. The standard InChI is InChI=1S/C24H18ClF2NO4/c1-31-22-14-16(10-12-21(22)32-24(26)27)20(29)11-9-15-5-4-6-17(13-15)28-23(30)18-7-2-3-8-19(18)25/h2-14,24H,1H3,(H,28,30)/b11-9+. The molecule has 0 saturated carbocycles. The Hall–Kier alpha value is -3.71. The molecule has 0 aromatic heterocycles. The monoisotopic (exact) mass is 457 g/mol. The van der Waals surface area contributed by atoms with Gasteiger partial charge in [0.15, 0.2) is 17.3 Å². The summed E-state index contributed by atoms with van der Waals surface area (Å²) in [6.07, 6.45) is 2.90. The minimum absolute atomic E-state index is 0.0221. The number of halogens is 3. The van der Waals surface area contributed by atoms with Gasteiger partial charge in [-0.1, -0.05) is 41.9 Å². The number of anilines is 1. The second kappa shape index (κ2) is 10.5. The predicted molar refractivity (Wildman–Crippen MR) is 119 cm³/mol. The third-order valence-electron chi connectivity index (χ3n) is 4.35. The van der Waals surface area contributed by atoms with E-state index in [4.69, 9.17) is 16.3 Å². The lowest BCUT2D eigenvalue weighted by Crippen LogP contribution is -2.12. The number of methoxy groups -OCH3 is 1. The molecule has 0 fully saturated rings. The van der Waals surface area contributed by atoms with Gasteiger partial charge in [0, 0.05) is 11.3 Å². The highest BCUT2D eigenvalue weighted by Gasteiger charge is 2.13. The Morgan fingerprint density at radius 1 is 1.00 bits per heavy atom. The van der Waals surface area contributed by atoms with Crippen molar-refractivity contribution >= 4 is 35.1 Å². The molecule has 3 aromatic carbocycles.